The normalized spacial score (nSPS) is 13.8. The molecule has 1 heterocycles. The molecule has 1 amide bonds. The summed E-state index contributed by atoms with van der Waals surface area (Å²) in [5.41, 5.74) is 8.37. The Bertz CT molecular complexity index is 568. The first-order valence-corrected chi connectivity index (χ1v) is 11.8. The number of amides is 1. The molecule has 1 rings (SSSR count). The Balaban J connectivity index is 1.85. The molecule has 0 spiro atoms. The van der Waals surface area contributed by atoms with E-state index in [2.05, 4.69) is 26.9 Å². The highest BCUT2D eigenvalue weighted by Crippen LogP contribution is 2.13. The minimum atomic E-state index is -1.08. The summed E-state index contributed by atoms with van der Waals surface area (Å²) in [5.74, 6) is -0.410. The summed E-state index contributed by atoms with van der Waals surface area (Å²) in [6, 6.07) is -0.968. The van der Waals surface area contributed by atoms with E-state index in [-0.39, 0.29) is 24.5 Å². The van der Waals surface area contributed by atoms with Crippen LogP contribution in [0.3, 0.4) is 0 Å². The number of aliphatic carboxylic acids is 1. The monoisotopic (exact) mass is 439 g/mol. The van der Waals surface area contributed by atoms with Crippen LogP contribution in [0.1, 0.15) is 110 Å². The van der Waals surface area contributed by atoms with Crippen molar-refractivity contribution in [3.8, 4) is 0 Å². The van der Waals surface area contributed by atoms with Crippen molar-refractivity contribution >= 4 is 23.5 Å². The van der Waals surface area contributed by atoms with Crippen molar-refractivity contribution in [2.75, 3.05) is 0 Å². The average Bonchev–Trinajstić information content (AvgIpc) is 3.24. The molecule has 9 heteroatoms. The van der Waals surface area contributed by atoms with E-state index >= 15 is 0 Å². The number of hydrogen-bond acceptors (Lipinski definition) is 7. The molecule has 0 saturated carbocycles. The first-order valence-electron chi connectivity index (χ1n) is 11.8. The quantitative estimate of drug-likeness (QED) is 0.184. The maximum Gasteiger partial charge on any atom is 0.326 e. The maximum atomic E-state index is 11.9. The molecular weight excluding hydrogens is 398 g/mol. The maximum absolute atomic E-state index is 11.9. The summed E-state index contributed by atoms with van der Waals surface area (Å²) in [7, 11) is 0. The second kappa shape index (κ2) is 17.5. The SMILES string of the molecule is CC(=O)CC[C@H](NC(=O)CCCCCCCCCCCCCCC1=NNNN1)C(=O)O. The molecule has 1 aliphatic heterocycles. The molecule has 31 heavy (non-hydrogen) atoms. The number of nitrogens with one attached hydrogen (secondary N) is 4. The first-order chi connectivity index (χ1) is 15.0. The van der Waals surface area contributed by atoms with Crippen LogP contribution in [0, 0.1) is 0 Å². The van der Waals surface area contributed by atoms with Crippen LogP contribution in [0.2, 0.25) is 0 Å². The van der Waals surface area contributed by atoms with Crippen LogP contribution in [0.25, 0.3) is 0 Å². The third-order valence-electron chi connectivity index (χ3n) is 5.44. The summed E-state index contributed by atoms with van der Waals surface area (Å²) < 4.78 is 0. The summed E-state index contributed by atoms with van der Waals surface area (Å²) in [5, 5.41) is 15.7. The topological polar surface area (TPSA) is 132 Å². The predicted molar refractivity (Wildman–Crippen MR) is 121 cm³/mol. The van der Waals surface area contributed by atoms with Gasteiger partial charge in [-0.2, -0.15) is 0 Å². The number of amidine groups is 1. The van der Waals surface area contributed by atoms with Gasteiger partial charge in [-0.05, 0) is 26.2 Å². The van der Waals surface area contributed by atoms with Crippen molar-refractivity contribution in [1.29, 1.82) is 0 Å². The minimum Gasteiger partial charge on any atom is -0.480 e. The van der Waals surface area contributed by atoms with Crippen LogP contribution in [0.15, 0.2) is 5.10 Å². The van der Waals surface area contributed by atoms with Gasteiger partial charge in [-0.3, -0.25) is 10.2 Å². The first kappa shape index (κ1) is 26.9. The van der Waals surface area contributed by atoms with E-state index in [0.717, 1.165) is 31.5 Å². The molecule has 0 radical (unpaired) electrons. The van der Waals surface area contributed by atoms with Crippen molar-refractivity contribution in [3.05, 3.63) is 0 Å². The number of hydrazine groups is 2. The Kier molecular flexibility index (Phi) is 15.2. The second-order valence-electron chi connectivity index (χ2n) is 8.36. The minimum absolute atomic E-state index is 0.0698. The van der Waals surface area contributed by atoms with Crippen LogP contribution in [0.4, 0.5) is 0 Å². The molecule has 0 aliphatic carbocycles. The van der Waals surface area contributed by atoms with Gasteiger partial charge in [-0.1, -0.05) is 64.2 Å². The lowest BCUT2D eigenvalue weighted by atomic mass is 10.0. The number of carbonyl (C=O) groups excluding carboxylic acids is 2. The zero-order valence-corrected chi connectivity index (χ0v) is 19.0. The molecule has 0 aromatic heterocycles. The van der Waals surface area contributed by atoms with Crippen LogP contribution < -0.4 is 21.8 Å². The molecule has 0 aromatic rings. The summed E-state index contributed by atoms with van der Waals surface area (Å²) in [6.07, 6.45) is 15.8. The van der Waals surface area contributed by atoms with Gasteiger partial charge in [0, 0.05) is 19.3 Å². The third kappa shape index (κ3) is 15.3. The van der Waals surface area contributed by atoms with Crippen LogP contribution in [0.5, 0.6) is 0 Å². The number of ketones is 1. The van der Waals surface area contributed by atoms with Gasteiger partial charge in [0.15, 0.2) is 0 Å². The van der Waals surface area contributed by atoms with Gasteiger partial charge >= 0.3 is 5.97 Å². The number of unbranched alkanes of at least 4 members (excludes halogenated alkanes) is 11. The number of carboxylic acid groups (broad SMARTS) is 1. The van der Waals surface area contributed by atoms with Crippen molar-refractivity contribution in [2.45, 2.75) is 116 Å². The molecule has 0 bridgehead atoms. The van der Waals surface area contributed by atoms with Gasteiger partial charge < -0.3 is 15.2 Å². The van der Waals surface area contributed by atoms with Gasteiger partial charge in [-0.15, -0.1) is 10.6 Å². The number of hydrazone groups is 1. The van der Waals surface area contributed by atoms with E-state index in [4.69, 9.17) is 5.11 Å². The molecule has 0 fully saturated rings. The van der Waals surface area contributed by atoms with Crippen LogP contribution in [-0.4, -0.2) is 34.6 Å². The van der Waals surface area contributed by atoms with Crippen LogP contribution >= 0.6 is 0 Å². The fraction of sp³-hybridized carbons (Fsp3) is 0.818. The Morgan fingerprint density at radius 3 is 1.90 bits per heavy atom. The molecule has 0 aromatic carbocycles. The van der Waals surface area contributed by atoms with Gasteiger partial charge in [-0.25, -0.2) is 10.3 Å². The predicted octanol–water partition coefficient (Wildman–Crippen LogP) is 3.31. The molecule has 178 valence electrons. The van der Waals surface area contributed by atoms with E-state index in [9.17, 15) is 14.4 Å². The van der Waals surface area contributed by atoms with E-state index in [1.54, 1.807) is 0 Å². The van der Waals surface area contributed by atoms with Gasteiger partial charge in [0.25, 0.3) is 0 Å². The summed E-state index contributed by atoms with van der Waals surface area (Å²) >= 11 is 0. The van der Waals surface area contributed by atoms with Crippen molar-refractivity contribution < 1.29 is 19.5 Å². The van der Waals surface area contributed by atoms with Crippen molar-refractivity contribution in [3.63, 3.8) is 0 Å². The largest absolute Gasteiger partial charge is 0.480 e. The lowest BCUT2D eigenvalue weighted by molar-refractivity contribution is -0.142. The molecule has 0 saturated heterocycles. The number of carbonyl (C=O) groups is 3. The highest BCUT2D eigenvalue weighted by atomic mass is 16.4. The van der Waals surface area contributed by atoms with E-state index < -0.39 is 12.0 Å². The zero-order chi connectivity index (χ0) is 22.7. The average molecular weight is 440 g/mol. The smallest absolute Gasteiger partial charge is 0.326 e. The Hall–Kier alpha value is -2.16. The van der Waals surface area contributed by atoms with Gasteiger partial charge in [0.2, 0.25) is 5.91 Å². The second-order valence-corrected chi connectivity index (χ2v) is 8.36. The van der Waals surface area contributed by atoms with E-state index in [1.165, 1.54) is 64.7 Å². The van der Waals surface area contributed by atoms with Gasteiger partial charge in [0.05, 0.1) is 0 Å². The molecule has 9 nitrogen and oxygen atoms in total. The molecular formula is C22H41N5O4. The number of nitrogens with zero attached hydrogens (tertiary/aromatic N) is 1. The lowest BCUT2D eigenvalue weighted by Gasteiger charge is -2.13. The third-order valence-corrected chi connectivity index (χ3v) is 5.44. The molecule has 0 unspecified atom stereocenters. The standard InChI is InChI=1S/C22H41N5O4/c1-18(28)16-17-19(22(30)31)23-21(29)15-13-11-9-7-5-3-2-4-6-8-10-12-14-20-24-26-27-25-20/h19,26-27H,2-17H2,1H3,(H,23,29)(H,24,25)(H,30,31)/t19-/m0/s1. The molecule has 1 atom stereocenters. The zero-order valence-electron chi connectivity index (χ0n) is 19.0. The Labute approximate surface area is 186 Å². The summed E-state index contributed by atoms with van der Waals surface area (Å²) in [4.78, 5) is 34.0. The highest BCUT2D eigenvalue weighted by Gasteiger charge is 2.19. The number of carboxylic acids is 1. The molecule has 1 aliphatic rings. The number of hydrogen-bond donors (Lipinski definition) is 5. The number of rotatable bonds is 20. The van der Waals surface area contributed by atoms with Gasteiger partial charge in [0.1, 0.15) is 17.7 Å². The van der Waals surface area contributed by atoms with E-state index in [1.807, 2.05) is 0 Å². The fourth-order valence-electron chi connectivity index (χ4n) is 3.56. The lowest BCUT2D eigenvalue weighted by Crippen LogP contribution is -2.40. The van der Waals surface area contributed by atoms with Crippen LogP contribution in [-0.2, 0) is 14.4 Å². The Morgan fingerprint density at radius 1 is 0.871 bits per heavy atom. The fourth-order valence-corrected chi connectivity index (χ4v) is 3.56. The molecule has 5 N–H and O–H groups in total. The van der Waals surface area contributed by atoms with Crippen molar-refractivity contribution in [2.24, 2.45) is 5.10 Å². The number of Topliss-reactive ketones (excluding diaryl/α,β-unsaturated/α-hetero) is 1. The van der Waals surface area contributed by atoms with Crippen molar-refractivity contribution in [1.82, 2.24) is 21.8 Å². The highest BCUT2D eigenvalue weighted by molar-refractivity contribution is 5.84. The Morgan fingerprint density at radius 2 is 1.42 bits per heavy atom. The van der Waals surface area contributed by atoms with E-state index in [0.29, 0.717) is 6.42 Å². The summed E-state index contributed by atoms with van der Waals surface area (Å²) in [6.45, 7) is 1.42.